The summed E-state index contributed by atoms with van der Waals surface area (Å²) in [6.45, 7) is 1.69. The molecule has 10 N–H and O–H groups in total. The number of carbonyl (C=O) groups is 5. The lowest BCUT2D eigenvalue weighted by molar-refractivity contribution is -0.144. The summed E-state index contributed by atoms with van der Waals surface area (Å²) in [4.78, 5) is 64.7. The Morgan fingerprint density at radius 3 is 2.38 bits per heavy atom. The Morgan fingerprint density at radius 1 is 1.16 bits per heavy atom. The molecule has 14 nitrogen and oxygen atoms in total. The number of hydrogen-bond acceptors (Lipinski definition) is 7. The smallest absolute Gasteiger partial charge is 0.325 e. The quantitative estimate of drug-likeness (QED) is 0.0884. The predicted molar refractivity (Wildman–Crippen MR) is 112 cm³/mol. The number of rotatable bonds is 12. The molecule has 0 aromatic rings. The Bertz CT molecular complexity index is 754. The average molecular weight is 457 g/mol. The van der Waals surface area contributed by atoms with E-state index in [4.69, 9.17) is 27.4 Å². The fourth-order valence-corrected chi connectivity index (χ4v) is 3.21. The first kappa shape index (κ1) is 26.6. The van der Waals surface area contributed by atoms with E-state index in [1.54, 1.807) is 0 Å². The van der Waals surface area contributed by atoms with Crippen LogP contribution in [0.5, 0.6) is 0 Å². The first-order valence-corrected chi connectivity index (χ1v) is 10.1. The van der Waals surface area contributed by atoms with Crippen molar-refractivity contribution in [2.75, 3.05) is 13.1 Å². The van der Waals surface area contributed by atoms with E-state index in [9.17, 15) is 24.0 Å². The largest absolute Gasteiger partial charge is 0.481 e. The second-order valence-corrected chi connectivity index (χ2v) is 7.47. The SMILES string of the molecule is CC(NC(=O)C(CCCN=C(N)N)NC(=O)C1CCCN1C(=O)C(N)CC(=O)O)C(=O)O. The van der Waals surface area contributed by atoms with Gasteiger partial charge in [-0.15, -0.1) is 0 Å². The molecule has 1 saturated heterocycles. The van der Waals surface area contributed by atoms with E-state index in [0.717, 1.165) is 0 Å². The van der Waals surface area contributed by atoms with Crippen molar-refractivity contribution in [2.45, 2.75) is 63.2 Å². The number of nitrogens with one attached hydrogen (secondary N) is 2. The van der Waals surface area contributed by atoms with Crippen LogP contribution in [0, 0.1) is 0 Å². The summed E-state index contributed by atoms with van der Waals surface area (Å²) >= 11 is 0. The number of guanidine groups is 1. The molecular weight excluding hydrogens is 426 g/mol. The summed E-state index contributed by atoms with van der Waals surface area (Å²) < 4.78 is 0. The number of aliphatic carboxylic acids is 2. The fourth-order valence-electron chi connectivity index (χ4n) is 3.21. The zero-order valence-electron chi connectivity index (χ0n) is 17.8. The third-order valence-electron chi connectivity index (χ3n) is 4.86. The summed E-state index contributed by atoms with van der Waals surface area (Å²) in [6.07, 6.45) is 0.660. The maximum Gasteiger partial charge on any atom is 0.325 e. The Kier molecular flexibility index (Phi) is 10.3. The van der Waals surface area contributed by atoms with Gasteiger partial charge in [-0.05, 0) is 32.6 Å². The van der Waals surface area contributed by atoms with Crippen molar-refractivity contribution < 1.29 is 34.2 Å². The number of nitrogens with zero attached hydrogens (tertiary/aromatic N) is 2. The van der Waals surface area contributed by atoms with Crippen LogP contribution >= 0.6 is 0 Å². The van der Waals surface area contributed by atoms with Gasteiger partial charge in [0, 0.05) is 13.1 Å². The molecule has 180 valence electrons. The van der Waals surface area contributed by atoms with Crippen molar-refractivity contribution in [1.29, 1.82) is 0 Å². The van der Waals surface area contributed by atoms with E-state index in [1.165, 1.54) is 11.8 Å². The first-order valence-electron chi connectivity index (χ1n) is 10.1. The van der Waals surface area contributed by atoms with Gasteiger partial charge in [-0.3, -0.25) is 29.0 Å². The number of aliphatic imine (C=N–C) groups is 1. The van der Waals surface area contributed by atoms with E-state index >= 15 is 0 Å². The first-order chi connectivity index (χ1) is 14.9. The molecule has 0 aliphatic carbocycles. The Hall–Kier alpha value is -3.42. The van der Waals surface area contributed by atoms with Crippen molar-refractivity contribution in [2.24, 2.45) is 22.2 Å². The van der Waals surface area contributed by atoms with Crippen LogP contribution < -0.4 is 27.8 Å². The molecule has 1 aliphatic heterocycles. The van der Waals surface area contributed by atoms with Gasteiger partial charge < -0.3 is 42.9 Å². The molecule has 1 heterocycles. The number of likely N-dealkylation sites (tertiary alicyclic amines) is 1. The van der Waals surface area contributed by atoms with E-state index in [-0.39, 0.29) is 25.5 Å². The molecule has 0 radical (unpaired) electrons. The standard InChI is InChI=1S/C18H31N7O7/c1-9(17(31)32)23-14(28)11(4-2-6-22-18(20)21)24-15(29)12-5-3-7-25(12)16(30)10(19)8-13(26)27/h9-12H,2-8,19H2,1H3,(H,23,28)(H,24,29)(H,26,27)(H,31,32)(H4,20,21,22). The van der Waals surface area contributed by atoms with E-state index in [1.807, 2.05) is 0 Å². The Balaban J connectivity index is 2.88. The normalized spacial score (nSPS) is 18.2. The summed E-state index contributed by atoms with van der Waals surface area (Å²) in [7, 11) is 0. The van der Waals surface area contributed by atoms with E-state index < -0.39 is 60.2 Å². The third kappa shape index (κ3) is 8.37. The highest BCUT2D eigenvalue weighted by molar-refractivity contribution is 5.95. The summed E-state index contributed by atoms with van der Waals surface area (Å²) in [5.41, 5.74) is 16.2. The lowest BCUT2D eigenvalue weighted by atomic mass is 10.1. The molecule has 0 saturated carbocycles. The van der Waals surface area contributed by atoms with Crippen LogP contribution in [0.4, 0.5) is 0 Å². The molecule has 0 bridgehead atoms. The van der Waals surface area contributed by atoms with Gasteiger partial charge in [-0.25, -0.2) is 0 Å². The van der Waals surface area contributed by atoms with Gasteiger partial charge in [0.05, 0.1) is 12.5 Å². The highest BCUT2D eigenvalue weighted by atomic mass is 16.4. The third-order valence-corrected chi connectivity index (χ3v) is 4.86. The summed E-state index contributed by atoms with van der Waals surface area (Å²) in [5.74, 6) is -4.62. The monoisotopic (exact) mass is 457 g/mol. The molecule has 4 atom stereocenters. The van der Waals surface area contributed by atoms with Gasteiger partial charge in [-0.1, -0.05) is 0 Å². The van der Waals surface area contributed by atoms with Gasteiger partial charge in [-0.2, -0.15) is 0 Å². The average Bonchev–Trinajstić information content (AvgIpc) is 3.18. The topological polar surface area (TPSA) is 244 Å². The van der Waals surface area contributed by atoms with Crippen molar-refractivity contribution in [3.05, 3.63) is 0 Å². The highest BCUT2D eigenvalue weighted by Crippen LogP contribution is 2.19. The minimum Gasteiger partial charge on any atom is -0.481 e. The van der Waals surface area contributed by atoms with Crippen LogP contribution in [-0.2, 0) is 24.0 Å². The van der Waals surface area contributed by atoms with Crippen molar-refractivity contribution in [3.63, 3.8) is 0 Å². The predicted octanol–water partition coefficient (Wildman–Crippen LogP) is -3.09. The lowest BCUT2D eigenvalue weighted by Crippen LogP contribution is -2.56. The molecule has 3 amide bonds. The van der Waals surface area contributed by atoms with Crippen LogP contribution in [0.15, 0.2) is 4.99 Å². The number of carboxylic acids is 2. The van der Waals surface area contributed by atoms with Gasteiger partial charge in [0.2, 0.25) is 17.7 Å². The minimum atomic E-state index is -1.30. The van der Waals surface area contributed by atoms with Crippen molar-refractivity contribution in [1.82, 2.24) is 15.5 Å². The second kappa shape index (κ2) is 12.4. The summed E-state index contributed by atoms with van der Waals surface area (Å²) in [5, 5.41) is 22.7. The van der Waals surface area contributed by atoms with Gasteiger partial charge in [0.15, 0.2) is 5.96 Å². The molecule has 32 heavy (non-hydrogen) atoms. The molecular formula is C18H31N7O7. The second-order valence-electron chi connectivity index (χ2n) is 7.47. The number of carbonyl (C=O) groups excluding carboxylic acids is 3. The zero-order chi connectivity index (χ0) is 24.4. The molecule has 1 aliphatic rings. The Morgan fingerprint density at radius 2 is 1.81 bits per heavy atom. The zero-order valence-corrected chi connectivity index (χ0v) is 17.8. The van der Waals surface area contributed by atoms with Gasteiger partial charge in [0.1, 0.15) is 18.1 Å². The van der Waals surface area contributed by atoms with Crippen molar-refractivity contribution in [3.8, 4) is 0 Å². The van der Waals surface area contributed by atoms with Crippen LogP contribution in [0.25, 0.3) is 0 Å². The van der Waals surface area contributed by atoms with E-state index in [2.05, 4.69) is 15.6 Å². The molecule has 1 fully saturated rings. The van der Waals surface area contributed by atoms with Crippen LogP contribution in [-0.4, -0.2) is 88.0 Å². The molecule has 0 aromatic carbocycles. The molecule has 14 heteroatoms. The van der Waals surface area contributed by atoms with Crippen LogP contribution in [0.1, 0.15) is 39.0 Å². The molecule has 4 unspecified atom stereocenters. The minimum absolute atomic E-state index is 0.111. The van der Waals surface area contributed by atoms with Gasteiger partial charge in [0.25, 0.3) is 0 Å². The maximum atomic E-state index is 12.9. The lowest BCUT2D eigenvalue weighted by Gasteiger charge is -2.28. The fraction of sp³-hybridized carbons (Fsp3) is 0.667. The van der Waals surface area contributed by atoms with Crippen LogP contribution in [0.2, 0.25) is 0 Å². The van der Waals surface area contributed by atoms with Crippen molar-refractivity contribution >= 4 is 35.6 Å². The van der Waals surface area contributed by atoms with Gasteiger partial charge >= 0.3 is 11.9 Å². The van der Waals surface area contributed by atoms with Crippen LogP contribution in [0.3, 0.4) is 0 Å². The van der Waals surface area contributed by atoms with E-state index in [0.29, 0.717) is 19.3 Å². The number of amides is 3. The summed E-state index contributed by atoms with van der Waals surface area (Å²) in [6, 6.07) is -4.50. The molecule has 0 aromatic heterocycles. The highest BCUT2D eigenvalue weighted by Gasteiger charge is 2.38. The molecule has 1 rings (SSSR count). The molecule has 0 spiro atoms. The Labute approximate surface area is 184 Å². The number of hydrogen-bond donors (Lipinski definition) is 7. The maximum absolute atomic E-state index is 12.9. The number of carboxylic acid groups (broad SMARTS) is 2. The number of nitrogens with two attached hydrogens (primary N) is 3.